The van der Waals surface area contributed by atoms with Crippen LogP contribution in [0, 0.1) is 11.3 Å². The Balaban J connectivity index is 1.87. The van der Waals surface area contributed by atoms with Crippen molar-refractivity contribution >= 4 is 6.09 Å². The molecule has 1 aromatic carbocycles. The molecule has 1 N–H and O–H groups in total. The van der Waals surface area contributed by atoms with E-state index in [9.17, 15) is 4.79 Å². The van der Waals surface area contributed by atoms with Gasteiger partial charge in [0.1, 0.15) is 5.60 Å². The van der Waals surface area contributed by atoms with Crippen molar-refractivity contribution in [2.75, 3.05) is 6.61 Å². The summed E-state index contributed by atoms with van der Waals surface area (Å²) < 4.78 is 11.4. The van der Waals surface area contributed by atoms with Gasteiger partial charge in [0.2, 0.25) is 0 Å². The number of hydrogen-bond acceptors (Lipinski definition) is 3. The molecule has 1 aliphatic rings. The monoisotopic (exact) mass is 347 g/mol. The summed E-state index contributed by atoms with van der Waals surface area (Å²) in [6, 6.07) is 10.4. The second kappa shape index (κ2) is 8.22. The lowest BCUT2D eigenvalue weighted by atomic mass is 9.76. The van der Waals surface area contributed by atoms with E-state index in [4.69, 9.17) is 9.47 Å². The molecule has 140 valence electrons. The van der Waals surface area contributed by atoms with Crippen molar-refractivity contribution in [3.8, 4) is 0 Å². The number of nitrogens with one attached hydrogen (secondary N) is 1. The number of benzene rings is 1. The summed E-state index contributed by atoms with van der Waals surface area (Å²) >= 11 is 0. The van der Waals surface area contributed by atoms with E-state index in [2.05, 4.69) is 31.3 Å². The molecule has 4 nitrogen and oxygen atoms in total. The minimum atomic E-state index is -0.462. The maximum atomic E-state index is 12.0. The summed E-state index contributed by atoms with van der Waals surface area (Å²) in [5, 5.41) is 3.04. The van der Waals surface area contributed by atoms with E-state index >= 15 is 0 Å². The smallest absolute Gasteiger partial charge is 0.407 e. The summed E-state index contributed by atoms with van der Waals surface area (Å²) in [7, 11) is 0. The van der Waals surface area contributed by atoms with Crippen LogP contribution in [0.25, 0.3) is 0 Å². The number of rotatable bonds is 6. The van der Waals surface area contributed by atoms with Gasteiger partial charge in [-0.25, -0.2) is 4.79 Å². The highest BCUT2D eigenvalue weighted by Gasteiger charge is 2.42. The Morgan fingerprint density at radius 1 is 1.28 bits per heavy atom. The predicted molar refractivity (Wildman–Crippen MR) is 100 cm³/mol. The van der Waals surface area contributed by atoms with Crippen LogP contribution in [0.4, 0.5) is 4.79 Å². The van der Waals surface area contributed by atoms with Crippen molar-refractivity contribution in [1.82, 2.24) is 5.32 Å². The number of hydrogen-bond donors (Lipinski definition) is 1. The largest absolute Gasteiger partial charge is 0.444 e. The molecule has 0 heterocycles. The molecule has 1 fully saturated rings. The molecule has 1 aliphatic carbocycles. The van der Waals surface area contributed by atoms with Gasteiger partial charge >= 0.3 is 6.09 Å². The summed E-state index contributed by atoms with van der Waals surface area (Å²) in [4.78, 5) is 12.0. The zero-order chi connectivity index (χ0) is 18.5. The highest BCUT2D eigenvalue weighted by Crippen LogP contribution is 2.44. The molecule has 0 unspecified atom stereocenters. The van der Waals surface area contributed by atoms with Crippen molar-refractivity contribution in [3.05, 3.63) is 35.9 Å². The van der Waals surface area contributed by atoms with Crippen LogP contribution in [-0.4, -0.2) is 24.3 Å². The third-order valence-electron chi connectivity index (χ3n) is 5.09. The average Bonchev–Trinajstić information content (AvgIpc) is 2.91. The van der Waals surface area contributed by atoms with E-state index in [1.165, 1.54) is 5.56 Å². The molecule has 2 rings (SSSR count). The molecule has 0 aromatic heterocycles. The van der Waals surface area contributed by atoms with Crippen LogP contribution in [0.2, 0.25) is 0 Å². The number of ether oxygens (including phenoxy) is 2. The van der Waals surface area contributed by atoms with Gasteiger partial charge in [0, 0.05) is 6.04 Å². The van der Waals surface area contributed by atoms with Crippen LogP contribution >= 0.6 is 0 Å². The van der Waals surface area contributed by atoms with Gasteiger partial charge in [-0.15, -0.1) is 0 Å². The van der Waals surface area contributed by atoms with Crippen LogP contribution in [0.1, 0.15) is 59.4 Å². The van der Waals surface area contributed by atoms with Crippen LogP contribution in [0.3, 0.4) is 0 Å². The standard InChI is InChI=1S/C21H33NO3/c1-16(2)21(15-24-14-17-9-7-6-8-10-17)12-11-18(13-21)22-19(23)25-20(3,4)5/h6-10,16,18H,11-15H2,1-5H3,(H,22,23)/t18-,21-/m1/s1. The molecule has 0 bridgehead atoms. The first-order chi connectivity index (χ1) is 11.7. The molecule has 2 atom stereocenters. The fourth-order valence-electron chi connectivity index (χ4n) is 3.52. The van der Waals surface area contributed by atoms with Gasteiger partial charge in [-0.2, -0.15) is 0 Å². The zero-order valence-electron chi connectivity index (χ0n) is 16.3. The molecule has 0 aliphatic heterocycles. The summed E-state index contributed by atoms with van der Waals surface area (Å²) in [5.74, 6) is 0.508. The first kappa shape index (κ1) is 19.8. The van der Waals surface area contributed by atoms with Gasteiger partial charge in [0.05, 0.1) is 13.2 Å². The molecule has 0 radical (unpaired) electrons. The minimum absolute atomic E-state index is 0.120. The Morgan fingerprint density at radius 2 is 1.96 bits per heavy atom. The van der Waals surface area contributed by atoms with E-state index in [0.29, 0.717) is 12.5 Å². The average molecular weight is 347 g/mol. The molecular formula is C21H33NO3. The predicted octanol–water partition coefficient (Wildman–Crippen LogP) is 4.92. The van der Waals surface area contributed by atoms with Crippen LogP contribution in [-0.2, 0) is 16.1 Å². The second-order valence-corrected chi connectivity index (χ2v) is 8.58. The van der Waals surface area contributed by atoms with Crippen molar-refractivity contribution in [2.24, 2.45) is 11.3 Å². The Hall–Kier alpha value is -1.55. The summed E-state index contributed by atoms with van der Waals surface area (Å²) in [6.07, 6.45) is 2.67. The maximum Gasteiger partial charge on any atom is 0.407 e. The lowest BCUT2D eigenvalue weighted by molar-refractivity contribution is 0.00783. The Labute approximate surface area is 152 Å². The molecule has 0 spiro atoms. The van der Waals surface area contributed by atoms with Crippen LogP contribution < -0.4 is 5.32 Å². The lowest BCUT2D eigenvalue weighted by Crippen LogP contribution is -2.39. The van der Waals surface area contributed by atoms with E-state index in [0.717, 1.165) is 25.9 Å². The van der Waals surface area contributed by atoms with E-state index in [-0.39, 0.29) is 17.6 Å². The first-order valence-corrected chi connectivity index (χ1v) is 9.31. The highest BCUT2D eigenvalue weighted by molar-refractivity contribution is 5.68. The third-order valence-corrected chi connectivity index (χ3v) is 5.09. The maximum absolute atomic E-state index is 12.0. The zero-order valence-corrected chi connectivity index (χ0v) is 16.3. The molecule has 4 heteroatoms. The normalized spacial score (nSPS) is 23.7. The quantitative estimate of drug-likeness (QED) is 0.794. The van der Waals surface area contributed by atoms with Crippen molar-refractivity contribution in [1.29, 1.82) is 0 Å². The van der Waals surface area contributed by atoms with Crippen molar-refractivity contribution in [3.63, 3.8) is 0 Å². The number of carbonyl (C=O) groups excluding carboxylic acids is 1. The molecule has 25 heavy (non-hydrogen) atoms. The Kier molecular flexibility index (Phi) is 6.50. The van der Waals surface area contributed by atoms with Gasteiger partial charge < -0.3 is 14.8 Å². The van der Waals surface area contributed by atoms with Crippen molar-refractivity contribution in [2.45, 2.75) is 72.1 Å². The number of amides is 1. The lowest BCUT2D eigenvalue weighted by Gasteiger charge is -2.33. The molecule has 1 saturated carbocycles. The fraction of sp³-hybridized carbons (Fsp3) is 0.667. The van der Waals surface area contributed by atoms with Gasteiger partial charge in [-0.1, -0.05) is 44.2 Å². The number of carbonyl (C=O) groups is 1. The van der Waals surface area contributed by atoms with Gasteiger partial charge in [0.15, 0.2) is 0 Å². The van der Waals surface area contributed by atoms with Gasteiger partial charge in [-0.05, 0) is 56.9 Å². The Morgan fingerprint density at radius 3 is 2.56 bits per heavy atom. The SMILES string of the molecule is CC(C)[C@]1(COCc2ccccc2)CC[C@@H](NC(=O)OC(C)(C)C)C1. The molecule has 1 aromatic rings. The minimum Gasteiger partial charge on any atom is -0.444 e. The first-order valence-electron chi connectivity index (χ1n) is 9.31. The van der Waals surface area contributed by atoms with E-state index < -0.39 is 5.60 Å². The van der Waals surface area contributed by atoms with Crippen LogP contribution in [0.15, 0.2) is 30.3 Å². The van der Waals surface area contributed by atoms with Gasteiger partial charge in [-0.3, -0.25) is 0 Å². The fourth-order valence-corrected chi connectivity index (χ4v) is 3.52. The Bertz CT molecular complexity index is 550. The van der Waals surface area contributed by atoms with Crippen molar-refractivity contribution < 1.29 is 14.3 Å². The summed E-state index contributed by atoms with van der Waals surface area (Å²) in [6.45, 7) is 11.5. The molecule has 1 amide bonds. The van der Waals surface area contributed by atoms with E-state index in [1.807, 2.05) is 39.0 Å². The van der Waals surface area contributed by atoms with Crippen LogP contribution in [0.5, 0.6) is 0 Å². The van der Waals surface area contributed by atoms with E-state index in [1.54, 1.807) is 0 Å². The highest BCUT2D eigenvalue weighted by atomic mass is 16.6. The summed E-state index contributed by atoms with van der Waals surface area (Å²) in [5.41, 5.74) is 0.855. The number of alkyl carbamates (subject to hydrolysis) is 1. The molecule has 0 saturated heterocycles. The molecular weight excluding hydrogens is 314 g/mol. The topological polar surface area (TPSA) is 47.6 Å². The second-order valence-electron chi connectivity index (χ2n) is 8.58. The third kappa shape index (κ3) is 6.03. The van der Waals surface area contributed by atoms with Gasteiger partial charge in [0.25, 0.3) is 0 Å².